The molecule has 7 nitrogen and oxygen atoms in total. The lowest BCUT2D eigenvalue weighted by molar-refractivity contribution is 0.0950. The predicted molar refractivity (Wildman–Crippen MR) is 107 cm³/mol. The molecule has 2 heterocycles. The predicted octanol–water partition coefficient (Wildman–Crippen LogP) is 2.67. The number of carbonyl (C=O) groups is 1. The lowest BCUT2D eigenvalue weighted by Crippen LogP contribution is -2.28. The van der Waals surface area contributed by atoms with E-state index in [4.69, 9.17) is 0 Å². The summed E-state index contributed by atoms with van der Waals surface area (Å²) in [5.41, 5.74) is 2.08. The Bertz CT molecular complexity index is 955. The maximum absolute atomic E-state index is 12.5. The Labute approximate surface area is 163 Å². The van der Waals surface area contributed by atoms with Gasteiger partial charge in [0, 0.05) is 29.4 Å². The van der Waals surface area contributed by atoms with Crippen molar-refractivity contribution >= 4 is 22.8 Å². The highest BCUT2D eigenvalue weighted by Gasteiger charge is 2.20. The van der Waals surface area contributed by atoms with Crippen molar-refractivity contribution in [1.29, 1.82) is 0 Å². The van der Waals surface area contributed by atoms with Crippen molar-refractivity contribution in [3.05, 3.63) is 60.0 Å². The quantitative estimate of drug-likeness (QED) is 0.632. The summed E-state index contributed by atoms with van der Waals surface area (Å²) in [6, 6.07) is 11.3. The molecule has 1 aromatic carbocycles. The van der Waals surface area contributed by atoms with Crippen LogP contribution in [0.5, 0.6) is 0 Å². The first-order valence-corrected chi connectivity index (χ1v) is 9.57. The van der Waals surface area contributed by atoms with Crippen LogP contribution in [0.3, 0.4) is 0 Å². The zero-order chi connectivity index (χ0) is 19.3. The van der Waals surface area contributed by atoms with Crippen LogP contribution in [-0.4, -0.2) is 38.1 Å². The van der Waals surface area contributed by atoms with Crippen LogP contribution in [0.4, 0.5) is 5.95 Å². The molecule has 0 unspecified atom stereocenters. The fourth-order valence-electron chi connectivity index (χ4n) is 3.41. The summed E-state index contributed by atoms with van der Waals surface area (Å²) in [4.78, 5) is 25.6. The van der Waals surface area contributed by atoms with Crippen molar-refractivity contribution in [1.82, 2.24) is 20.3 Å². The van der Waals surface area contributed by atoms with Crippen molar-refractivity contribution < 1.29 is 9.90 Å². The van der Waals surface area contributed by atoms with Gasteiger partial charge in [-0.15, -0.1) is 0 Å². The summed E-state index contributed by atoms with van der Waals surface area (Å²) in [5.74, 6) is 0.391. The molecule has 28 heavy (non-hydrogen) atoms. The minimum absolute atomic E-state index is 0.165. The number of rotatable bonds is 5. The number of benzene rings is 1. The number of pyridine rings is 1. The van der Waals surface area contributed by atoms with Crippen molar-refractivity contribution in [3.63, 3.8) is 0 Å². The molecule has 1 fully saturated rings. The molecule has 1 aliphatic carbocycles. The fourth-order valence-corrected chi connectivity index (χ4v) is 3.41. The van der Waals surface area contributed by atoms with Crippen LogP contribution in [0.15, 0.2) is 48.8 Å². The van der Waals surface area contributed by atoms with Gasteiger partial charge in [-0.1, -0.05) is 12.1 Å². The first-order chi connectivity index (χ1) is 13.7. The third-order valence-corrected chi connectivity index (χ3v) is 5.03. The second-order valence-corrected chi connectivity index (χ2v) is 7.12. The molecule has 4 rings (SSSR count). The van der Waals surface area contributed by atoms with Crippen molar-refractivity contribution in [2.45, 2.75) is 44.4 Å². The Balaban J connectivity index is 1.45. The maximum Gasteiger partial charge on any atom is 0.251 e. The number of nitrogens with one attached hydrogen (secondary N) is 2. The number of hydrogen-bond donors (Lipinski definition) is 3. The molecular formula is C21H23N5O2. The van der Waals surface area contributed by atoms with Gasteiger partial charge in [0.15, 0.2) is 0 Å². The highest BCUT2D eigenvalue weighted by atomic mass is 16.3. The van der Waals surface area contributed by atoms with Crippen LogP contribution >= 0.6 is 0 Å². The number of aromatic nitrogens is 3. The van der Waals surface area contributed by atoms with Gasteiger partial charge < -0.3 is 15.7 Å². The first-order valence-electron chi connectivity index (χ1n) is 9.57. The van der Waals surface area contributed by atoms with Crippen molar-refractivity contribution in [3.8, 4) is 0 Å². The third kappa shape index (κ3) is 4.43. The standard InChI is InChI=1S/C21H23N5O2/c27-18-8-6-16(7-9-18)25-21-24-12-15-5-4-14(11-19(15)26-21)20(28)23-13-17-3-1-2-10-22-17/h1-5,10-12,16,18,27H,6-9,13H2,(H,23,28)(H,24,25,26)/t16-,18-. The van der Waals surface area contributed by atoms with E-state index in [2.05, 4.69) is 25.6 Å². The number of anilines is 1. The Kier molecular flexibility index (Phi) is 5.43. The molecule has 2 aromatic heterocycles. The monoisotopic (exact) mass is 377 g/mol. The Morgan fingerprint density at radius 2 is 1.96 bits per heavy atom. The van der Waals surface area contributed by atoms with Crippen molar-refractivity contribution in [2.24, 2.45) is 0 Å². The lowest BCUT2D eigenvalue weighted by atomic mass is 9.93. The molecule has 144 valence electrons. The molecule has 0 radical (unpaired) electrons. The third-order valence-electron chi connectivity index (χ3n) is 5.03. The van der Waals surface area contributed by atoms with E-state index in [1.165, 1.54) is 0 Å². The van der Waals surface area contributed by atoms with Gasteiger partial charge in [-0.3, -0.25) is 9.78 Å². The molecule has 3 N–H and O–H groups in total. The molecule has 0 bridgehead atoms. The van der Waals surface area contributed by atoms with Crippen LogP contribution in [0.1, 0.15) is 41.7 Å². The number of carbonyl (C=O) groups excluding carboxylic acids is 1. The van der Waals surface area contributed by atoms with Crippen LogP contribution in [0, 0.1) is 0 Å². The molecular weight excluding hydrogens is 354 g/mol. The van der Waals surface area contributed by atoms with E-state index < -0.39 is 0 Å². The molecule has 0 atom stereocenters. The number of nitrogens with zero attached hydrogens (tertiary/aromatic N) is 3. The smallest absolute Gasteiger partial charge is 0.251 e. The van der Waals surface area contributed by atoms with E-state index in [1.807, 2.05) is 24.3 Å². The summed E-state index contributed by atoms with van der Waals surface area (Å²) in [6.07, 6.45) is 6.67. The van der Waals surface area contributed by atoms with Crippen LogP contribution in [-0.2, 0) is 6.54 Å². The van der Waals surface area contributed by atoms with Gasteiger partial charge in [-0.05, 0) is 49.9 Å². The zero-order valence-corrected chi connectivity index (χ0v) is 15.5. The van der Waals surface area contributed by atoms with E-state index in [1.54, 1.807) is 24.5 Å². The zero-order valence-electron chi connectivity index (χ0n) is 15.5. The van der Waals surface area contributed by atoms with Crippen LogP contribution in [0.2, 0.25) is 0 Å². The van der Waals surface area contributed by atoms with Gasteiger partial charge in [-0.2, -0.15) is 0 Å². The van der Waals surface area contributed by atoms with E-state index in [0.29, 0.717) is 18.1 Å². The van der Waals surface area contributed by atoms with Gasteiger partial charge in [0.2, 0.25) is 5.95 Å². The molecule has 0 aliphatic heterocycles. The SMILES string of the molecule is O=C(NCc1ccccn1)c1ccc2cnc(N[C@H]3CC[C@H](O)CC3)nc2c1. The Morgan fingerprint density at radius 3 is 2.75 bits per heavy atom. The van der Waals surface area contributed by atoms with E-state index >= 15 is 0 Å². The lowest BCUT2D eigenvalue weighted by Gasteiger charge is -2.26. The molecule has 1 amide bonds. The average Bonchev–Trinajstić information content (AvgIpc) is 2.74. The van der Waals surface area contributed by atoms with Crippen LogP contribution in [0.25, 0.3) is 10.9 Å². The van der Waals surface area contributed by atoms with Gasteiger partial charge in [-0.25, -0.2) is 9.97 Å². The second kappa shape index (κ2) is 8.31. The van der Waals surface area contributed by atoms with Gasteiger partial charge in [0.05, 0.1) is 23.9 Å². The van der Waals surface area contributed by atoms with Crippen molar-refractivity contribution in [2.75, 3.05) is 5.32 Å². The number of aliphatic hydroxyl groups excluding tert-OH is 1. The summed E-state index contributed by atoms with van der Waals surface area (Å²) < 4.78 is 0. The number of fused-ring (bicyclic) bond motifs is 1. The van der Waals surface area contributed by atoms with Gasteiger partial charge in [0.25, 0.3) is 5.91 Å². The highest BCUT2D eigenvalue weighted by Crippen LogP contribution is 2.22. The summed E-state index contributed by atoms with van der Waals surface area (Å²) >= 11 is 0. The molecule has 1 aliphatic rings. The molecule has 0 spiro atoms. The molecule has 3 aromatic rings. The van der Waals surface area contributed by atoms with E-state index in [9.17, 15) is 9.90 Å². The maximum atomic E-state index is 12.5. The number of aliphatic hydroxyl groups is 1. The summed E-state index contributed by atoms with van der Waals surface area (Å²) in [7, 11) is 0. The van der Waals surface area contributed by atoms with Gasteiger partial charge in [0.1, 0.15) is 0 Å². The molecule has 7 heteroatoms. The summed E-state index contributed by atoms with van der Waals surface area (Å²) in [6.45, 7) is 0.377. The normalized spacial score (nSPS) is 19.3. The highest BCUT2D eigenvalue weighted by molar-refractivity contribution is 5.97. The van der Waals surface area contributed by atoms with E-state index in [0.717, 1.165) is 42.3 Å². The fraction of sp³-hybridized carbons (Fsp3) is 0.333. The number of amides is 1. The minimum atomic E-state index is -0.192. The van der Waals surface area contributed by atoms with Gasteiger partial charge >= 0.3 is 0 Å². The largest absolute Gasteiger partial charge is 0.393 e. The average molecular weight is 377 g/mol. The number of hydrogen-bond acceptors (Lipinski definition) is 6. The first kappa shape index (κ1) is 18.3. The molecule has 0 saturated heterocycles. The summed E-state index contributed by atoms with van der Waals surface area (Å²) in [5, 5.41) is 16.7. The molecule has 1 saturated carbocycles. The minimum Gasteiger partial charge on any atom is -0.393 e. The Hall–Kier alpha value is -3.06. The second-order valence-electron chi connectivity index (χ2n) is 7.12. The Morgan fingerprint density at radius 1 is 1.11 bits per heavy atom. The topological polar surface area (TPSA) is 100 Å². The van der Waals surface area contributed by atoms with Crippen LogP contribution < -0.4 is 10.6 Å². The van der Waals surface area contributed by atoms with E-state index in [-0.39, 0.29) is 18.1 Å².